The fraction of sp³-hybridized carbons (Fsp3) is 0.211. The number of anilines is 1. The van der Waals surface area contributed by atoms with Crippen molar-refractivity contribution < 1.29 is 14.3 Å². The normalized spacial score (nSPS) is 14.4. The number of carbonyl (C=O) groups is 2. The SMILES string of the molecule is O=C(/C=C/c1sc2ccccc2c1Cl)NNC(=O)c1csc(N2CCOCC2)n1. The highest BCUT2D eigenvalue weighted by Crippen LogP contribution is 2.35. The van der Waals surface area contributed by atoms with Crippen molar-refractivity contribution in [1.82, 2.24) is 15.8 Å². The van der Waals surface area contributed by atoms with Crippen molar-refractivity contribution in [2.24, 2.45) is 0 Å². The summed E-state index contributed by atoms with van der Waals surface area (Å²) in [5, 5.41) is 3.99. The Labute approximate surface area is 179 Å². The van der Waals surface area contributed by atoms with Crippen LogP contribution in [0.5, 0.6) is 0 Å². The Balaban J connectivity index is 1.33. The highest BCUT2D eigenvalue weighted by Gasteiger charge is 2.17. The molecule has 2 amide bonds. The number of hydrogen-bond donors (Lipinski definition) is 2. The summed E-state index contributed by atoms with van der Waals surface area (Å²) in [6, 6.07) is 7.76. The van der Waals surface area contributed by atoms with E-state index in [4.69, 9.17) is 16.3 Å². The van der Waals surface area contributed by atoms with Crippen molar-refractivity contribution in [3.63, 3.8) is 0 Å². The minimum atomic E-state index is -0.470. The van der Waals surface area contributed by atoms with Crippen molar-refractivity contribution in [2.45, 2.75) is 0 Å². The maximum absolute atomic E-state index is 12.2. The number of rotatable bonds is 4. The summed E-state index contributed by atoms with van der Waals surface area (Å²) in [6.07, 6.45) is 2.96. The zero-order chi connectivity index (χ0) is 20.2. The van der Waals surface area contributed by atoms with Crippen molar-refractivity contribution in [1.29, 1.82) is 0 Å². The van der Waals surface area contributed by atoms with Crippen LogP contribution >= 0.6 is 34.3 Å². The number of fused-ring (bicyclic) bond motifs is 1. The maximum Gasteiger partial charge on any atom is 0.289 e. The summed E-state index contributed by atoms with van der Waals surface area (Å²) in [6.45, 7) is 2.79. The van der Waals surface area contributed by atoms with Gasteiger partial charge >= 0.3 is 0 Å². The van der Waals surface area contributed by atoms with E-state index in [-0.39, 0.29) is 5.69 Å². The molecule has 29 heavy (non-hydrogen) atoms. The lowest BCUT2D eigenvalue weighted by atomic mass is 10.2. The molecular weight excluding hydrogens is 432 g/mol. The number of aromatic nitrogens is 1. The third-order valence-corrected chi connectivity index (χ3v) is 6.81. The van der Waals surface area contributed by atoms with Crippen molar-refractivity contribution >= 4 is 67.4 Å². The van der Waals surface area contributed by atoms with Gasteiger partial charge in [-0.15, -0.1) is 22.7 Å². The van der Waals surface area contributed by atoms with Crippen LogP contribution in [0.1, 0.15) is 15.4 Å². The third kappa shape index (κ3) is 4.59. The predicted molar refractivity (Wildman–Crippen MR) is 117 cm³/mol. The summed E-state index contributed by atoms with van der Waals surface area (Å²) in [5.74, 6) is -0.932. The summed E-state index contributed by atoms with van der Waals surface area (Å²) in [7, 11) is 0. The predicted octanol–water partition coefficient (Wildman–Crippen LogP) is 3.32. The van der Waals surface area contributed by atoms with Gasteiger partial charge in [-0.3, -0.25) is 20.4 Å². The quantitative estimate of drug-likeness (QED) is 0.472. The van der Waals surface area contributed by atoms with Gasteiger partial charge in [0.05, 0.1) is 18.2 Å². The smallest absolute Gasteiger partial charge is 0.289 e. The Morgan fingerprint density at radius 2 is 2.00 bits per heavy atom. The molecular formula is C19H17ClN4O3S2. The molecule has 0 radical (unpaired) electrons. The number of hydrogen-bond acceptors (Lipinski definition) is 7. The number of morpholine rings is 1. The fourth-order valence-corrected chi connectivity index (χ4v) is 5.04. The maximum atomic E-state index is 12.2. The molecule has 0 saturated carbocycles. The summed E-state index contributed by atoms with van der Waals surface area (Å²) in [4.78, 5) is 31.4. The fourth-order valence-electron chi connectivity index (χ4n) is 2.78. The first-order valence-electron chi connectivity index (χ1n) is 8.85. The lowest BCUT2D eigenvalue weighted by Gasteiger charge is -2.25. The van der Waals surface area contributed by atoms with E-state index >= 15 is 0 Å². The van der Waals surface area contributed by atoms with Gasteiger partial charge in [-0.2, -0.15) is 0 Å². The second kappa shape index (κ2) is 8.91. The molecule has 1 aliphatic rings. The summed E-state index contributed by atoms with van der Waals surface area (Å²) in [5.41, 5.74) is 4.99. The number of ether oxygens (including phenoxy) is 1. The average Bonchev–Trinajstić information content (AvgIpc) is 3.37. The topological polar surface area (TPSA) is 83.6 Å². The first kappa shape index (κ1) is 19.8. The highest BCUT2D eigenvalue weighted by atomic mass is 35.5. The van der Waals surface area contributed by atoms with Crippen LogP contribution in [0.25, 0.3) is 16.2 Å². The van der Waals surface area contributed by atoms with E-state index in [2.05, 4.69) is 20.7 Å². The van der Waals surface area contributed by atoms with Crippen LogP contribution < -0.4 is 15.8 Å². The third-order valence-electron chi connectivity index (χ3n) is 4.25. The van der Waals surface area contributed by atoms with Gasteiger partial charge in [0.2, 0.25) is 0 Å². The minimum absolute atomic E-state index is 0.258. The van der Waals surface area contributed by atoms with Gasteiger partial charge in [0.15, 0.2) is 5.13 Å². The van der Waals surface area contributed by atoms with E-state index < -0.39 is 11.8 Å². The molecule has 2 N–H and O–H groups in total. The van der Waals surface area contributed by atoms with E-state index in [1.807, 2.05) is 24.3 Å². The van der Waals surface area contributed by atoms with Gasteiger partial charge in [0.1, 0.15) is 5.69 Å². The second-order valence-corrected chi connectivity index (χ2v) is 8.47. The van der Waals surface area contributed by atoms with Gasteiger partial charge in [-0.1, -0.05) is 29.8 Å². The zero-order valence-electron chi connectivity index (χ0n) is 15.2. The molecule has 0 atom stereocenters. The number of carbonyl (C=O) groups excluding carboxylic acids is 2. The molecule has 1 saturated heterocycles. The first-order valence-corrected chi connectivity index (χ1v) is 10.9. The number of nitrogens with zero attached hydrogens (tertiary/aromatic N) is 2. The Morgan fingerprint density at radius 1 is 1.21 bits per heavy atom. The number of halogens is 1. The van der Waals surface area contributed by atoms with Crippen LogP contribution in [0.4, 0.5) is 5.13 Å². The van der Waals surface area contributed by atoms with E-state index in [1.54, 1.807) is 11.5 Å². The molecule has 2 aromatic heterocycles. The number of hydrazine groups is 1. The number of nitrogens with one attached hydrogen (secondary N) is 2. The Kier molecular flexibility index (Phi) is 6.10. The van der Waals surface area contributed by atoms with Gasteiger partial charge in [-0.05, 0) is 12.1 Å². The molecule has 150 valence electrons. The molecule has 3 heterocycles. The number of benzene rings is 1. The van der Waals surface area contributed by atoms with Gasteiger partial charge < -0.3 is 9.64 Å². The van der Waals surface area contributed by atoms with E-state index in [1.165, 1.54) is 28.7 Å². The van der Waals surface area contributed by atoms with Crippen LogP contribution in [0.3, 0.4) is 0 Å². The number of thiazole rings is 1. The lowest BCUT2D eigenvalue weighted by molar-refractivity contribution is -0.117. The summed E-state index contributed by atoms with van der Waals surface area (Å²) >= 11 is 9.24. The van der Waals surface area contributed by atoms with Crippen molar-refractivity contribution in [2.75, 3.05) is 31.2 Å². The van der Waals surface area contributed by atoms with Gasteiger partial charge in [0, 0.05) is 39.5 Å². The molecule has 1 fully saturated rings. The number of amides is 2. The van der Waals surface area contributed by atoms with Crippen LogP contribution in [-0.4, -0.2) is 43.1 Å². The molecule has 7 nitrogen and oxygen atoms in total. The van der Waals surface area contributed by atoms with Crippen molar-refractivity contribution in [3.05, 3.63) is 51.3 Å². The van der Waals surface area contributed by atoms with E-state index in [0.717, 1.165) is 33.2 Å². The molecule has 1 aromatic carbocycles. The molecule has 0 aliphatic carbocycles. The van der Waals surface area contributed by atoms with E-state index in [0.29, 0.717) is 18.2 Å². The molecule has 0 unspecified atom stereocenters. The molecule has 4 rings (SSSR count). The van der Waals surface area contributed by atoms with Crippen LogP contribution in [0, 0.1) is 0 Å². The monoisotopic (exact) mass is 448 g/mol. The number of thiophene rings is 1. The Bertz CT molecular complexity index is 1070. The highest BCUT2D eigenvalue weighted by molar-refractivity contribution is 7.20. The Hall–Kier alpha value is -2.46. The molecule has 0 spiro atoms. The van der Waals surface area contributed by atoms with E-state index in [9.17, 15) is 9.59 Å². The second-order valence-electron chi connectivity index (χ2n) is 6.17. The lowest BCUT2D eigenvalue weighted by Crippen LogP contribution is -2.41. The minimum Gasteiger partial charge on any atom is -0.378 e. The largest absolute Gasteiger partial charge is 0.378 e. The average molecular weight is 449 g/mol. The molecule has 3 aromatic rings. The van der Waals surface area contributed by atoms with Crippen molar-refractivity contribution in [3.8, 4) is 0 Å². The standard InChI is InChI=1S/C19H17ClN4O3S2/c20-17-12-3-1-2-4-14(12)29-15(17)5-6-16(25)22-23-18(26)13-11-28-19(21-13)24-7-9-27-10-8-24/h1-6,11H,7-10H2,(H,22,25)(H,23,26)/b6-5+. The molecule has 1 aliphatic heterocycles. The molecule has 0 bridgehead atoms. The summed E-state index contributed by atoms with van der Waals surface area (Å²) < 4.78 is 6.36. The van der Waals surface area contributed by atoms with Crippen LogP contribution in [0.2, 0.25) is 5.02 Å². The van der Waals surface area contributed by atoms with Crippen LogP contribution in [-0.2, 0) is 9.53 Å². The van der Waals surface area contributed by atoms with Gasteiger partial charge in [-0.25, -0.2) is 4.98 Å². The van der Waals surface area contributed by atoms with Crippen LogP contribution in [0.15, 0.2) is 35.7 Å². The first-order chi connectivity index (χ1) is 14.1. The van der Waals surface area contributed by atoms with Gasteiger partial charge in [0.25, 0.3) is 11.8 Å². The zero-order valence-corrected chi connectivity index (χ0v) is 17.6. The Morgan fingerprint density at radius 3 is 2.79 bits per heavy atom. The molecule has 10 heteroatoms.